The Morgan fingerprint density at radius 1 is 1.23 bits per heavy atom. The molecular formula is C8H14O4S. The largest absolute Gasteiger partial charge is 0.458 e. The number of unbranched alkanes of at least 4 members (excludes halogenated alkanes) is 1. The van der Waals surface area contributed by atoms with Crippen molar-refractivity contribution in [2.75, 3.05) is 12.4 Å². The highest BCUT2D eigenvalue weighted by atomic mass is 32.2. The van der Waals surface area contributed by atoms with Gasteiger partial charge in [-0.2, -0.15) is 0 Å². The third-order valence-electron chi connectivity index (χ3n) is 1.16. The van der Waals surface area contributed by atoms with Crippen molar-refractivity contribution in [1.29, 1.82) is 0 Å². The van der Waals surface area contributed by atoms with Crippen molar-refractivity contribution in [3.63, 3.8) is 0 Å². The summed E-state index contributed by atoms with van der Waals surface area (Å²) in [7, 11) is 0. The molecule has 0 saturated heterocycles. The normalized spacial score (nSPS) is 9.38. The zero-order valence-corrected chi connectivity index (χ0v) is 8.69. The van der Waals surface area contributed by atoms with Crippen molar-refractivity contribution in [1.82, 2.24) is 0 Å². The minimum absolute atomic E-state index is 0.188. The first-order valence-corrected chi connectivity index (χ1v) is 5.14. The predicted octanol–water partition coefficient (Wildman–Crippen LogP) is 1.54. The second-order valence-electron chi connectivity index (χ2n) is 2.27. The first kappa shape index (κ1) is 12.3. The Bertz CT molecular complexity index is 170. The molecule has 0 saturated carbocycles. The zero-order valence-electron chi connectivity index (χ0n) is 7.87. The molecule has 0 spiro atoms. The van der Waals surface area contributed by atoms with E-state index in [-0.39, 0.29) is 6.61 Å². The van der Waals surface area contributed by atoms with Crippen LogP contribution in [0.3, 0.4) is 0 Å². The highest BCUT2D eigenvalue weighted by molar-refractivity contribution is 7.95. The molecule has 13 heavy (non-hydrogen) atoms. The van der Waals surface area contributed by atoms with Gasteiger partial charge >= 0.3 is 11.9 Å². The lowest BCUT2D eigenvalue weighted by molar-refractivity contribution is -0.161. The van der Waals surface area contributed by atoms with Gasteiger partial charge in [0.2, 0.25) is 0 Å². The summed E-state index contributed by atoms with van der Waals surface area (Å²) in [5, 5.41) is 0. The van der Waals surface area contributed by atoms with E-state index in [4.69, 9.17) is 0 Å². The summed E-state index contributed by atoms with van der Waals surface area (Å²) < 4.78 is 9.00. The summed E-state index contributed by atoms with van der Waals surface area (Å²) in [6, 6.07) is 0. The molecule has 5 heteroatoms. The van der Waals surface area contributed by atoms with Crippen LogP contribution in [-0.4, -0.2) is 24.3 Å². The molecule has 0 fully saturated rings. The summed E-state index contributed by atoms with van der Waals surface area (Å²) >= 11 is 0.990. The van der Waals surface area contributed by atoms with E-state index in [9.17, 15) is 9.59 Å². The SMILES string of the molecule is CCCCSOC(=O)C(=O)OCC. The first-order valence-electron chi connectivity index (χ1n) is 4.22. The van der Waals surface area contributed by atoms with Crippen LogP contribution in [-0.2, 0) is 18.5 Å². The van der Waals surface area contributed by atoms with Crippen molar-refractivity contribution < 1.29 is 18.5 Å². The minimum atomic E-state index is -0.928. The predicted molar refractivity (Wildman–Crippen MR) is 50.1 cm³/mol. The fraction of sp³-hybridized carbons (Fsp3) is 0.750. The van der Waals surface area contributed by atoms with Gasteiger partial charge in [0.25, 0.3) is 0 Å². The van der Waals surface area contributed by atoms with E-state index in [1.807, 2.05) is 6.92 Å². The van der Waals surface area contributed by atoms with Crippen molar-refractivity contribution >= 4 is 24.0 Å². The van der Waals surface area contributed by atoms with Gasteiger partial charge < -0.3 is 8.92 Å². The highest BCUT2D eigenvalue weighted by Crippen LogP contribution is 2.06. The van der Waals surface area contributed by atoms with Crippen LogP contribution in [0.15, 0.2) is 0 Å². The van der Waals surface area contributed by atoms with Crippen LogP contribution in [0.5, 0.6) is 0 Å². The van der Waals surface area contributed by atoms with E-state index >= 15 is 0 Å². The van der Waals surface area contributed by atoms with Gasteiger partial charge in [0.1, 0.15) is 0 Å². The molecule has 0 aliphatic rings. The summed E-state index contributed by atoms with van der Waals surface area (Å²) in [5.74, 6) is -1.14. The summed E-state index contributed by atoms with van der Waals surface area (Å²) in [6.45, 7) is 3.86. The number of hydrogen-bond donors (Lipinski definition) is 0. The number of ether oxygens (including phenoxy) is 1. The molecule has 0 aliphatic heterocycles. The lowest BCUT2D eigenvalue weighted by Crippen LogP contribution is -2.17. The molecule has 0 amide bonds. The molecule has 0 radical (unpaired) electrons. The number of hydrogen-bond acceptors (Lipinski definition) is 5. The third kappa shape index (κ3) is 6.45. The van der Waals surface area contributed by atoms with Crippen LogP contribution in [0.2, 0.25) is 0 Å². The Kier molecular flexibility index (Phi) is 7.48. The number of carbonyl (C=O) groups excluding carboxylic acids is 2. The quantitative estimate of drug-likeness (QED) is 0.295. The van der Waals surface area contributed by atoms with Crippen molar-refractivity contribution in [2.45, 2.75) is 26.7 Å². The molecule has 0 heterocycles. The molecular weight excluding hydrogens is 192 g/mol. The van der Waals surface area contributed by atoms with E-state index in [0.29, 0.717) is 5.75 Å². The van der Waals surface area contributed by atoms with Gasteiger partial charge in [0.05, 0.1) is 18.6 Å². The average Bonchev–Trinajstić information content (AvgIpc) is 2.12. The Hall–Kier alpha value is -0.710. The van der Waals surface area contributed by atoms with Crippen LogP contribution in [0.25, 0.3) is 0 Å². The van der Waals surface area contributed by atoms with Crippen LogP contribution in [0.4, 0.5) is 0 Å². The van der Waals surface area contributed by atoms with Gasteiger partial charge in [-0.25, -0.2) is 9.59 Å². The number of carbonyl (C=O) groups is 2. The third-order valence-corrected chi connectivity index (χ3v) is 1.88. The van der Waals surface area contributed by atoms with E-state index in [0.717, 1.165) is 24.9 Å². The van der Waals surface area contributed by atoms with E-state index in [1.165, 1.54) is 0 Å². The maximum atomic E-state index is 10.8. The van der Waals surface area contributed by atoms with Crippen LogP contribution in [0, 0.1) is 0 Å². The fourth-order valence-electron chi connectivity index (χ4n) is 0.522. The van der Waals surface area contributed by atoms with Crippen molar-refractivity contribution in [3.05, 3.63) is 0 Å². The lowest BCUT2D eigenvalue weighted by Gasteiger charge is -2.00. The molecule has 76 valence electrons. The van der Waals surface area contributed by atoms with E-state index < -0.39 is 11.9 Å². The molecule has 0 bridgehead atoms. The molecule has 0 aliphatic carbocycles. The average molecular weight is 206 g/mol. The van der Waals surface area contributed by atoms with E-state index in [1.54, 1.807) is 6.92 Å². The monoisotopic (exact) mass is 206 g/mol. The van der Waals surface area contributed by atoms with Gasteiger partial charge in [0.15, 0.2) is 0 Å². The Morgan fingerprint density at radius 3 is 2.46 bits per heavy atom. The second kappa shape index (κ2) is 7.91. The first-order chi connectivity index (χ1) is 6.22. The Morgan fingerprint density at radius 2 is 1.92 bits per heavy atom. The van der Waals surface area contributed by atoms with Crippen molar-refractivity contribution in [3.8, 4) is 0 Å². The molecule has 4 nitrogen and oxygen atoms in total. The lowest BCUT2D eigenvalue weighted by atomic mass is 10.4. The second-order valence-corrected chi connectivity index (χ2v) is 3.08. The van der Waals surface area contributed by atoms with Crippen molar-refractivity contribution in [2.24, 2.45) is 0 Å². The van der Waals surface area contributed by atoms with Gasteiger partial charge in [-0.15, -0.1) is 0 Å². The topological polar surface area (TPSA) is 52.6 Å². The maximum absolute atomic E-state index is 10.8. The maximum Gasteiger partial charge on any atom is 0.429 e. The minimum Gasteiger partial charge on any atom is -0.458 e. The molecule has 0 aromatic rings. The zero-order chi connectivity index (χ0) is 10.1. The standard InChI is InChI=1S/C8H14O4S/c1-3-5-6-13-12-8(10)7(9)11-4-2/h3-6H2,1-2H3. The van der Waals surface area contributed by atoms with Gasteiger partial charge in [-0.05, 0) is 13.3 Å². The van der Waals surface area contributed by atoms with Gasteiger partial charge in [0, 0.05) is 5.75 Å². The fourth-order valence-corrected chi connectivity index (χ4v) is 1.19. The molecule has 0 unspecified atom stereocenters. The molecule has 0 N–H and O–H groups in total. The molecule has 0 atom stereocenters. The molecule has 0 rings (SSSR count). The molecule has 0 aromatic heterocycles. The highest BCUT2D eigenvalue weighted by Gasteiger charge is 2.16. The Labute approximate surface area is 82.2 Å². The van der Waals surface area contributed by atoms with Gasteiger partial charge in [-0.1, -0.05) is 13.3 Å². The van der Waals surface area contributed by atoms with Crippen LogP contribution in [0.1, 0.15) is 26.7 Å². The van der Waals surface area contributed by atoms with E-state index in [2.05, 4.69) is 8.92 Å². The van der Waals surface area contributed by atoms with Crippen LogP contribution >= 0.6 is 12.0 Å². The number of rotatable bonds is 5. The van der Waals surface area contributed by atoms with Gasteiger partial charge in [-0.3, -0.25) is 0 Å². The Balaban J connectivity index is 3.44. The summed E-state index contributed by atoms with van der Waals surface area (Å²) in [6.07, 6.45) is 1.99. The summed E-state index contributed by atoms with van der Waals surface area (Å²) in [4.78, 5) is 21.5. The van der Waals surface area contributed by atoms with Crippen LogP contribution < -0.4 is 0 Å². The number of esters is 1. The molecule has 0 aromatic carbocycles. The summed E-state index contributed by atoms with van der Waals surface area (Å²) in [5.41, 5.74) is 0. The smallest absolute Gasteiger partial charge is 0.429 e.